The van der Waals surface area contributed by atoms with Gasteiger partial charge in [0.1, 0.15) is 5.69 Å². The number of nitrogens with one attached hydrogen (secondary N) is 3. The molecule has 0 aliphatic rings. The SMILES string of the molecule is CC(=O)NCCNC(=O)c1ccn[nH]1. The van der Waals surface area contributed by atoms with Crippen LogP contribution in [-0.4, -0.2) is 35.1 Å². The van der Waals surface area contributed by atoms with Crippen LogP contribution < -0.4 is 10.6 Å². The zero-order valence-corrected chi connectivity index (χ0v) is 7.83. The maximum absolute atomic E-state index is 11.3. The molecule has 0 unspecified atom stereocenters. The highest BCUT2D eigenvalue weighted by Gasteiger charge is 2.04. The summed E-state index contributed by atoms with van der Waals surface area (Å²) in [5.41, 5.74) is 0.410. The minimum Gasteiger partial charge on any atom is -0.355 e. The van der Waals surface area contributed by atoms with Gasteiger partial charge in [-0.15, -0.1) is 0 Å². The minimum absolute atomic E-state index is 0.110. The number of hydrogen-bond donors (Lipinski definition) is 3. The standard InChI is InChI=1S/C8H12N4O2/c1-6(13)9-4-5-10-8(14)7-2-3-11-12-7/h2-3H,4-5H2,1H3,(H,9,13)(H,10,14)(H,11,12). The largest absolute Gasteiger partial charge is 0.355 e. The van der Waals surface area contributed by atoms with Gasteiger partial charge in [-0.25, -0.2) is 0 Å². The molecule has 0 radical (unpaired) electrons. The van der Waals surface area contributed by atoms with Gasteiger partial charge in [0.15, 0.2) is 0 Å². The number of H-pyrrole nitrogens is 1. The van der Waals surface area contributed by atoms with Gasteiger partial charge in [-0.3, -0.25) is 14.7 Å². The van der Waals surface area contributed by atoms with E-state index < -0.39 is 0 Å². The lowest BCUT2D eigenvalue weighted by Gasteiger charge is -2.03. The van der Waals surface area contributed by atoms with Crippen molar-refractivity contribution in [1.29, 1.82) is 0 Å². The molecule has 6 heteroatoms. The lowest BCUT2D eigenvalue weighted by molar-refractivity contribution is -0.118. The van der Waals surface area contributed by atoms with Gasteiger partial charge in [-0.05, 0) is 6.07 Å². The number of hydrogen-bond acceptors (Lipinski definition) is 3. The van der Waals surface area contributed by atoms with E-state index in [2.05, 4.69) is 20.8 Å². The lowest BCUT2D eigenvalue weighted by Crippen LogP contribution is -2.33. The first-order valence-corrected chi connectivity index (χ1v) is 4.22. The third-order valence-corrected chi connectivity index (χ3v) is 1.53. The summed E-state index contributed by atoms with van der Waals surface area (Å²) in [6, 6.07) is 1.58. The number of rotatable bonds is 4. The predicted molar refractivity (Wildman–Crippen MR) is 49.6 cm³/mol. The molecule has 1 aromatic heterocycles. The van der Waals surface area contributed by atoms with Gasteiger partial charge in [0.05, 0.1) is 0 Å². The highest BCUT2D eigenvalue weighted by atomic mass is 16.2. The Balaban J connectivity index is 2.19. The normalized spacial score (nSPS) is 9.50. The van der Waals surface area contributed by atoms with Crippen molar-refractivity contribution < 1.29 is 9.59 Å². The van der Waals surface area contributed by atoms with Gasteiger partial charge in [-0.1, -0.05) is 0 Å². The van der Waals surface area contributed by atoms with E-state index >= 15 is 0 Å². The van der Waals surface area contributed by atoms with Gasteiger partial charge in [-0.2, -0.15) is 5.10 Å². The van der Waals surface area contributed by atoms with E-state index in [1.807, 2.05) is 0 Å². The first-order valence-electron chi connectivity index (χ1n) is 4.22. The Morgan fingerprint density at radius 3 is 2.71 bits per heavy atom. The average Bonchev–Trinajstić information content (AvgIpc) is 2.64. The molecule has 0 spiro atoms. The number of nitrogens with zero attached hydrogens (tertiary/aromatic N) is 1. The molecular formula is C8H12N4O2. The van der Waals surface area contributed by atoms with Crippen LogP contribution >= 0.6 is 0 Å². The zero-order valence-electron chi connectivity index (χ0n) is 7.83. The first kappa shape index (κ1) is 10.2. The molecule has 6 nitrogen and oxygen atoms in total. The molecule has 0 aromatic carbocycles. The molecule has 1 rings (SSSR count). The molecule has 0 saturated heterocycles. The summed E-state index contributed by atoms with van der Waals surface area (Å²) in [7, 11) is 0. The van der Waals surface area contributed by atoms with Gasteiger partial charge in [0.25, 0.3) is 5.91 Å². The van der Waals surface area contributed by atoms with Gasteiger partial charge >= 0.3 is 0 Å². The van der Waals surface area contributed by atoms with Crippen LogP contribution in [0.3, 0.4) is 0 Å². The molecule has 0 atom stereocenters. The van der Waals surface area contributed by atoms with E-state index in [4.69, 9.17) is 0 Å². The minimum atomic E-state index is -0.229. The summed E-state index contributed by atoms with van der Waals surface area (Å²) in [6.07, 6.45) is 1.50. The van der Waals surface area contributed by atoms with Crippen LogP contribution in [0.5, 0.6) is 0 Å². The summed E-state index contributed by atoms with van der Waals surface area (Å²) in [4.78, 5) is 21.7. The third kappa shape index (κ3) is 3.26. The number of aromatic amines is 1. The summed E-state index contributed by atoms with van der Waals surface area (Å²) >= 11 is 0. The second kappa shape index (κ2) is 5.00. The van der Waals surface area contributed by atoms with E-state index in [-0.39, 0.29) is 11.8 Å². The number of carbonyl (C=O) groups is 2. The van der Waals surface area contributed by atoms with Crippen LogP contribution in [0.15, 0.2) is 12.3 Å². The zero-order chi connectivity index (χ0) is 10.4. The molecule has 1 heterocycles. The quantitative estimate of drug-likeness (QED) is 0.555. The molecule has 0 aliphatic heterocycles. The summed E-state index contributed by atoms with van der Waals surface area (Å²) in [5, 5.41) is 11.4. The van der Waals surface area contributed by atoms with Gasteiger partial charge in [0.2, 0.25) is 5.91 Å². The van der Waals surface area contributed by atoms with Crippen LogP contribution in [0, 0.1) is 0 Å². The Morgan fingerprint density at radius 1 is 1.43 bits per heavy atom. The van der Waals surface area contributed by atoms with E-state index in [0.717, 1.165) is 0 Å². The van der Waals surface area contributed by atoms with Crippen molar-refractivity contribution in [1.82, 2.24) is 20.8 Å². The Labute approximate surface area is 81.1 Å². The predicted octanol–water partition coefficient (Wildman–Crippen LogP) is -0.724. The van der Waals surface area contributed by atoms with Crippen molar-refractivity contribution in [2.75, 3.05) is 13.1 Å². The maximum Gasteiger partial charge on any atom is 0.269 e. The van der Waals surface area contributed by atoms with Crippen LogP contribution in [0.1, 0.15) is 17.4 Å². The van der Waals surface area contributed by atoms with Crippen molar-refractivity contribution in [3.05, 3.63) is 18.0 Å². The summed E-state index contributed by atoms with van der Waals surface area (Å²) < 4.78 is 0. The van der Waals surface area contributed by atoms with Crippen LogP contribution in [0.2, 0.25) is 0 Å². The second-order valence-electron chi connectivity index (χ2n) is 2.71. The van der Waals surface area contributed by atoms with E-state index in [1.54, 1.807) is 6.07 Å². The molecule has 0 saturated carbocycles. The first-order chi connectivity index (χ1) is 6.70. The molecule has 76 valence electrons. The average molecular weight is 196 g/mol. The molecule has 0 bridgehead atoms. The summed E-state index contributed by atoms with van der Waals surface area (Å²) in [6.45, 7) is 2.25. The fourth-order valence-electron chi connectivity index (χ4n) is 0.892. The van der Waals surface area contributed by atoms with Crippen molar-refractivity contribution >= 4 is 11.8 Å². The summed E-state index contributed by atoms with van der Waals surface area (Å²) in [5.74, 6) is -0.339. The van der Waals surface area contributed by atoms with Crippen molar-refractivity contribution in [3.8, 4) is 0 Å². The molecular weight excluding hydrogens is 184 g/mol. The second-order valence-corrected chi connectivity index (χ2v) is 2.71. The van der Waals surface area contributed by atoms with Gasteiger partial charge in [0, 0.05) is 26.2 Å². The van der Waals surface area contributed by atoms with Crippen molar-refractivity contribution in [3.63, 3.8) is 0 Å². The fraction of sp³-hybridized carbons (Fsp3) is 0.375. The number of aromatic nitrogens is 2. The van der Waals surface area contributed by atoms with Gasteiger partial charge < -0.3 is 10.6 Å². The van der Waals surface area contributed by atoms with E-state index in [0.29, 0.717) is 18.8 Å². The Kier molecular flexibility index (Phi) is 3.66. The smallest absolute Gasteiger partial charge is 0.269 e. The molecule has 3 N–H and O–H groups in total. The van der Waals surface area contributed by atoms with Crippen molar-refractivity contribution in [2.24, 2.45) is 0 Å². The van der Waals surface area contributed by atoms with E-state index in [1.165, 1.54) is 13.1 Å². The lowest BCUT2D eigenvalue weighted by atomic mass is 10.4. The fourth-order valence-corrected chi connectivity index (χ4v) is 0.892. The molecule has 0 aliphatic carbocycles. The van der Waals surface area contributed by atoms with Crippen LogP contribution in [0.25, 0.3) is 0 Å². The molecule has 14 heavy (non-hydrogen) atoms. The number of carbonyl (C=O) groups excluding carboxylic acids is 2. The van der Waals surface area contributed by atoms with Crippen LogP contribution in [0.4, 0.5) is 0 Å². The molecule has 1 aromatic rings. The van der Waals surface area contributed by atoms with E-state index in [9.17, 15) is 9.59 Å². The maximum atomic E-state index is 11.3. The van der Waals surface area contributed by atoms with Crippen LogP contribution in [-0.2, 0) is 4.79 Å². The Bertz CT molecular complexity index is 307. The Hall–Kier alpha value is -1.85. The number of amides is 2. The monoisotopic (exact) mass is 196 g/mol. The molecule has 2 amide bonds. The third-order valence-electron chi connectivity index (χ3n) is 1.53. The Morgan fingerprint density at radius 2 is 2.14 bits per heavy atom. The highest BCUT2D eigenvalue weighted by Crippen LogP contribution is 1.89. The molecule has 0 fully saturated rings. The van der Waals surface area contributed by atoms with Crippen molar-refractivity contribution in [2.45, 2.75) is 6.92 Å². The highest BCUT2D eigenvalue weighted by molar-refractivity contribution is 5.92. The topological polar surface area (TPSA) is 86.9 Å².